The fraction of sp³-hybridized carbons (Fsp3) is 0.133. The molecule has 2 aliphatic rings. The number of fused-ring (bicyclic) bond motifs is 1. The van der Waals surface area contributed by atoms with Crippen molar-refractivity contribution in [1.29, 1.82) is 5.26 Å². The first-order chi connectivity index (χ1) is 10.0. The average Bonchev–Trinajstić information content (AvgIpc) is 2.91. The second-order valence-corrected chi connectivity index (χ2v) is 5.74. The zero-order valence-corrected chi connectivity index (χ0v) is 12.3. The predicted molar refractivity (Wildman–Crippen MR) is 79.2 cm³/mol. The predicted octanol–water partition coefficient (Wildman–Crippen LogP) is 1.89. The summed E-state index contributed by atoms with van der Waals surface area (Å²) in [6.45, 7) is 0. The standard InChI is InChI=1S/C15H11N3O2S/c1-17-11-5-3-4-6-12(11)21-13(17)7-9-10(8-16)15(20)18(2)14(9)19/h3-7H,1-2H3/b13-7-. The van der Waals surface area contributed by atoms with Gasteiger partial charge in [-0.25, -0.2) is 0 Å². The molecule has 0 aromatic heterocycles. The van der Waals surface area contributed by atoms with Gasteiger partial charge in [-0.1, -0.05) is 23.9 Å². The molecule has 5 nitrogen and oxygen atoms in total. The maximum atomic E-state index is 12.1. The van der Waals surface area contributed by atoms with Crippen LogP contribution >= 0.6 is 11.8 Å². The molecule has 0 aliphatic carbocycles. The van der Waals surface area contributed by atoms with Crippen molar-refractivity contribution < 1.29 is 9.59 Å². The molecule has 0 saturated carbocycles. The first kappa shape index (κ1) is 13.5. The zero-order valence-electron chi connectivity index (χ0n) is 11.5. The fourth-order valence-electron chi connectivity index (χ4n) is 2.27. The highest BCUT2D eigenvalue weighted by atomic mass is 32.2. The second-order valence-electron chi connectivity index (χ2n) is 4.68. The Morgan fingerprint density at radius 1 is 1.14 bits per heavy atom. The summed E-state index contributed by atoms with van der Waals surface area (Å²) in [5.41, 5.74) is 1.10. The van der Waals surface area contributed by atoms with Gasteiger partial charge in [0.1, 0.15) is 11.6 Å². The van der Waals surface area contributed by atoms with Crippen molar-refractivity contribution in [3.63, 3.8) is 0 Å². The fourth-order valence-corrected chi connectivity index (χ4v) is 3.37. The van der Waals surface area contributed by atoms with E-state index in [1.165, 1.54) is 18.8 Å². The van der Waals surface area contributed by atoms with Crippen molar-refractivity contribution in [3.05, 3.63) is 46.5 Å². The quantitative estimate of drug-likeness (QED) is 0.741. The lowest BCUT2D eigenvalue weighted by Gasteiger charge is -2.13. The zero-order chi connectivity index (χ0) is 15.1. The summed E-state index contributed by atoms with van der Waals surface area (Å²) in [7, 11) is 3.27. The first-order valence-electron chi connectivity index (χ1n) is 6.23. The van der Waals surface area contributed by atoms with E-state index >= 15 is 0 Å². The Labute approximate surface area is 126 Å². The Morgan fingerprint density at radius 2 is 1.86 bits per heavy atom. The van der Waals surface area contributed by atoms with E-state index in [4.69, 9.17) is 5.26 Å². The number of hydrogen-bond donors (Lipinski definition) is 0. The van der Waals surface area contributed by atoms with Gasteiger partial charge in [-0.05, 0) is 18.2 Å². The maximum Gasteiger partial charge on any atom is 0.271 e. The van der Waals surface area contributed by atoms with E-state index in [9.17, 15) is 9.59 Å². The van der Waals surface area contributed by atoms with E-state index in [0.717, 1.165) is 20.5 Å². The van der Waals surface area contributed by atoms with E-state index in [1.807, 2.05) is 42.3 Å². The van der Waals surface area contributed by atoms with Crippen LogP contribution in [0.25, 0.3) is 0 Å². The molecule has 0 unspecified atom stereocenters. The SMILES string of the molecule is CN1C(=O)C(C#N)=C(/C=C2\Sc3ccccc3N2C)C1=O. The van der Waals surface area contributed by atoms with E-state index < -0.39 is 11.8 Å². The van der Waals surface area contributed by atoms with Gasteiger partial charge in [-0.3, -0.25) is 14.5 Å². The van der Waals surface area contributed by atoms with Crippen molar-refractivity contribution in [2.75, 3.05) is 19.0 Å². The molecule has 2 heterocycles. The number of hydrogen-bond acceptors (Lipinski definition) is 5. The first-order valence-corrected chi connectivity index (χ1v) is 7.05. The molecule has 1 aromatic rings. The Morgan fingerprint density at radius 3 is 2.52 bits per heavy atom. The summed E-state index contributed by atoms with van der Waals surface area (Å²) in [6, 6.07) is 9.69. The van der Waals surface area contributed by atoms with Crippen LogP contribution < -0.4 is 4.90 Å². The van der Waals surface area contributed by atoms with Crippen molar-refractivity contribution in [2.24, 2.45) is 0 Å². The van der Waals surface area contributed by atoms with Crippen LogP contribution in [0.5, 0.6) is 0 Å². The van der Waals surface area contributed by atoms with Crippen molar-refractivity contribution in [3.8, 4) is 6.07 Å². The van der Waals surface area contributed by atoms with Crippen molar-refractivity contribution in [1.82, 2.24) is 4.90 Å². The van der Waals surface area contributed by atoms with Gasteiger partial charge in [0.2, 0.25) is 0 Å². The van der Waals surface area contributed by atoms with Gasteiger partial charge >= 0.3 is 0 Å². The summed E-state index contributed by atoms with van der Waals surface area (Å²) in [5, 5.41) is 9.91. The summed E-state index contributed by atoms with van der Waals surface area (Å²) >= 11 is 1.51. The third-order valence-electron chi connectivity index (χ3n) is 3.47. The number of anilines is 1. The lowest BCUT2D eigenvalue weighted by molar-refractivity contribution is -0.135. The Bertz CT molecular complexity index is 773. The third kappa shape index (κ3) is 1.94. The molecule has 104 valence electrons. The molecule has 0 saturated heterocycles. The van der Waals surface area contributed by atoms with Gasteiger partial charge in [0.25, 0.3) is 11.8 Å². The Kier molecular flexibility index (Phi) is 3.07. The Hall–Kier alpha value is -2.52. The molecule has 3 rings (SSSR count). The number of rotatable bonds is 1. The number of amides is 2. The molecule has 0 N–H and O–H groups in total. The number of imide groups is 1. The van der Waals surface area contributed by atoms with Crippen LogP contribution in [0.3, 0.4) is 0 Å². The van der Waals surface area contributed by atoms with Crippen LogP contribution in [0.4, 0.5) is 5.69 Å². The summed E-state index contributed by atoms with van der Waals surface area (Å²) < 4.78 is 0. The normalized spacial score (nSPS) is 19.6. The molecule has 0 spiro atoms. The number of likely N-dealkylation sites (N-methyl/N-ethyl adjacent to an activating group) is 1. The van der Waals surface area contributed by atoms with Crippen LogP contribution in [-0.4, -0.2) is 30.8 Å². The number of para-hydroxylation sites is 1. The minimum atomic E-state index is -0.544. The molecule has 2 aliphatic heterocycles. The van der Waals surface area contributed by atoms with Gasteiger partial charge in [0.15, 0.2) is 0 Å². The number of nitrogens with zero attached hydrogens (tertiary/aromatic N) is 3. The molecular weight excluding hydrogens is 286 g/mol. The van der Waals surface area contributed by atoms with Crippen molar-refractivity contribution in [2.45, 2.75) is 4.90 Å². The van der Waals surface area contributed by atoms with E-state index in [0.29, 0.717) is 0 Å². The van der Waals surface area contributed by atoms with Gasteiger partial charge in [-0.15, -0.1) is 0 Å². The van der Waals surface area contributed by atoms with Crippen LogP contribution in [0.15, 0.2) is 51.4 Å². The van der Waals surface area contributed by atoms with Crippen LogP contribution in [0.2, 0.25) is 0 Å². The van der Waals surface area contributed by atoms with E-state index in [2.05, 4.69) is 0 Å². The molecule has 6 heteroatoms. The van der Waals surface area contributed by atoms with E-state index in [1.54, 1.807) is 6.08 Å². The topological polar surface area (TPSA) is 64.4 Å². The van der Waals surface area contributed by atoms with E-state index in [-0.39, 0.29) is 11.1 Å². The van der Waals surface area contributed by atoms with Gasteiger partial charge in [-0.2, -0.15) is 5.26 Å². The summed E-state index contributed by atoms with van der Waals surface area (Å²) in [4.78, 5) is 27.9. The highest BCUT2D eigenvalue weighted by Crippen LogP contribution is 2.45. The molecule has 0 bridgehead atoms. The molecule has 1 aromatic carbocycles. The Balaban J connectivity index is 2.05. The van der Waals surface area contributed by atoms with Gasteiger partial charge in [0, 0.05) is 19.0 Å². The monoisotopic (exact) mass is 297 g/mol. The van der Waals surface area contributed by atoms with Crippen LogP contribution in [-0.2, 0) is 9.59 Å². The summed E-state index contributed by atoms with van der Waals surface area (Å²) in [6.07, 6.45) is 1.62. The lowest BCUT2D eigenvalue weighted by atomic mass is 10.1. The molecule has 0 atom stereocenters. The maximum absolute atomic E-state index is 12.1. The number of nitriles is 1. The minimum Gasteiger partial charge on any atom is -0.338 e. The molecule has 0 radical (unpaired) electrons. The largest absolute Gasteiger partial charge is 0.338 e. The van der Waals surface area contributed by atoms with Gasteiger partial charge in [0.05, 0.1) is 16.3 Å². The highest BCUT2D eigenvalue weighted by molar-refractivity contribution is 8.03. The number of carbonyl (C=O) groups is 2. The van der Waals surface area contributed by atoms with Crippen LogP contribution in [0, 0.1) is 11.3 Å². The molecule has 2 amide bonds. The van der Waals surface area contributed by atoms with Gasteiger partial charge < -0.3 is 4.90 Å². The molecule has 0 fully saturated rings. The molecular formula is C15H11N3O2S. The molecule has 21 heavy (non-hydrogen) atoms. The number of carbonyl (C=O) groups excluding carboxylic acids is 2. The lowest BCUT2D eigenvalue weighted by Crippen LogP contribution is -2.26. The third-order valence-corrected chi connectivity index (χ3v) is 4.64. The van der Waals surface area contributed by atoms with Crippen LogP contribution in [0.1, 0.15) is 0 Å². The highest BCUT2D eigenvalue weighted by Gasteiger charge is 2.36. The summed E-state index contributed by atoms with van der Waals surface area (Å²) in [5.74, 6) is -0.980. The number of thioether (sulfide) groups is 1. The minimum absolute atomic E-state index is 0.0973. The van der Waals surface area contributed by atoms with Crippen molar-refractivity contribution >= 4 is 29.3 Å². The number of benzene rings is 1. The smallest absolute Gasteiger partial charge is 0.271 e. The second kappa shape index (κ2) is 4.79. The average molecular weight is 297 g/mol.